The standard InChI is InChI=1S/C9H5Cl2NO/c10-5-3-7-6(8(11)4-5)1-2-12-9(7)13/h1-4H,(H,12,13). The summed E-state index contributed by atoms with van der Waals surface area (Å²) in [6, 6.07) is 4.96. The zero-order valence-corrected chi connectivity index (χ0v) is 7.99. The molecule has 0 aliphatic rings. The molecule has 0 unspecified atom stereocenters. The van der Waals surface area contributed by atoms with E-state index in [1.807, 2.05) is 0 Å². The molecule has 2 aromatic rings. The third kappa shape index (κ3) is 1.43. The summed E-state index contributed by atoms with van der Waals surface area (Å²) >= 11 is 11.7. The zero-order valence-electron chi connectivity index (χ0n) is 6.47. The van der Waals surface area contributed by atoms with Crippen LogP contribution in [0.25, 0.3) is 10.8 Å². The SMILES string of the molecule is O=c1[nH]ccc2c(Cl)cc(Cl)cc12. The molecule has 0 saturated carbocycles. The molecule has 4 heteroatoms. The lowest BCUT2D eigenvalue weighted by molar-refractivity contribution is 1.28. The van der Waals surface area contributed by atoms with Gasteiger partial charge in [-0.05, 0) is 18.2 Å². The van der Waals surface area contributed by atoms with Crippen LogP contribution < -0.4 is 5.56 Å². The molecule has 0 aliphatic carbocycles. The van der Waals surface area contributed by atoms with E-state index in [1.54, 1.807) is 24.4 Å². The molecule has 0 bridgehead atoms. The second-order valence-electron chi connectivity index (χ2n) is 2.66. The first-order valence-corrected chi connectivity index (χ1v) is 4.40. The van der Waals surface area contributed by atoms with Crippen LogP contribution in [0.3, 0.4) is 0 Å². The maximum absolute atomic E-state index is 11.3. The Bertz CT molecular complexity index is 518. The summed E-state index contributed by atoms with van der Waals surface area (Å²) in [4.78, 5) is 13.9. The van der Waals surface area contributed by atoms with Crippen molar-refractivity contribution in [2.45, 2.75) is 0 Å². The summed E-state index contributed by atoms with van der Waals surface area (Å²) in [6.45, 7) is 0. The van der Waals surface area contributed by atoms with Gasteiger partial charge in [-0.2, -0.15) is 0 Å². The van der Waals surface area contributed by atoms with Crippen LogP contribution >= 0.6 is 23.2 Å². The van der Waals surface area contributed by atoms with Crippen molar-refractivity contribution in [3.05, 3.63) is 44.8 Å². The Morgan fingerprint density at radius 1 is 1.15 bits per heavy atom. The summed E-state index contributed by atoms with van der Waals surface area (Å²) in [7, 11) is 0. The largest absolute Gasteiger partial charge is 0.329 e. The molecule has 0 aliphatic heterocycles. The molecule has 0 amide bonds. The first-order chi connectivity index (χ1) is 6.18. The second kappa shape index (κ2) is 3.05. The fraction of sp³-hybridized carbons (Fsp3) is 0. The third-order valence-electron chi connectivity index (χ3n) is 1.80. The Labute approximate surface area is 84.1 Å². The van der Waals surface area contributed by atoms with Crippen LogP contribution in [0.5, 0.6) is 0 Å². The molecular weight excluding hydrogens is 209 g/mol. The Kier molecular flexibility index (Phi) is 2.02. The quantitative estimate of drug-likeness (QED) is 0.718. The molecule has 0 saturated heterocycles. The van der Waals surface area contributed by atoms with Crippen molar-refractivity contribution in [3.63, 3.8) is 0 Å². The minimum absolute atomic E-state index is 0.179. The first-order valence-electron chi connectivity index (χ1n) is 3.65. The lowest BCUT2D eigenvalue weighted by Crippen LogP contribution is -2.04. The number of halogens is 2. The van der Waals surface area contributed by atoms with Gasteiger partial charge in [0.25, 0.3) is 5.56 Å². The van der Waals surface area contributed by atoms with Crippen LogP contribution in [0, 0.1) is 0 Å². The van der Waals surface area contributed by atoms with Crippen molar-refractivity contribution in [2.24, 2.45) is 0 Å². The van der Waals surface area contributed by atoms with E-state index in [9.17, 15) is 4.79 Å². The van der Waals surface area contributed by atoms with Crippen molar-refractivity contribution >= 4 is 34.0 Å². The smallest absolute Gasteiger partial charge is 0.255 e. The van der Waals surface area contributed by atoms with E-state index < -0.39 is 0 Å². The predicted molar refractivity (Wildman–Crippen MR) is 54.6 cm³/mol. The molecule has 13 heavy (non-hydrogen) atoms. The number of H-pyrrole nitrogens is 1. The number of benzene rings is 1. The van der Waals surface area contributed by atoms with Crippen LogP contribution in [0.2, 0.25) is 10.0 Å². The van der Waals surface area contributed by atoms with Crippen LogP contribution in [0.15, 0.2) is 29.2 Å². The molecule has 0 atom stereocenters. The first kappa shape index (κ1) is 8.60. The molecule has 0 spiro atoms. The molecule has 66 valence electrons. The lowest BCUT2D eigenvalue weighted by Gasteiger charge is -1.99. The van der Waals surface area contributed by atoms with Gasteiger partial charge in [-0.15, -0.1) is 0 Å². The monoisotopic (exact) mass is 213 g/mol. The average molecular weight is 214 g/mol. The number of hydrogen-bond donors (Lipinski definition) is 1. The Hall–Kier alpha value is -0.990. The van der Waals surface area contributed by atoms with Gasteiger partial charge in [0.15, 0.2) is 0 Å². The number of rotatable bonds is 0. The van der Waals surface area contributed by atoms with Gasteiger partial charge in [0.05, 0.1) is 5.02 Å². The van der Waals surface area contributed by atoms with E-state index in [0.717, 1.165) is 5.39 Å². The van der Waals surface area contributed by atoms with Gasteiger partial charge in [0.1, 0.15) is 0 Å². The molecule has 0 radical (unpaired) electrons. The maximum Gasteiger partial charge on any atom is 0.255 e. The van der Waals surface area contributed by atoms with E-state index in [0.29, 0.717) is 15.4 Å². The topological polar surface area (TPSA) is 32.9 Å². The number of aromatic amines is 1. The molecule has 1 aromatic carbocycles. The Balaban J connectivity index is 3.03. The van der Waals surface area contributed by atoms with E-state index >= 15 is 0 Å². The van der Waals surface area contributed by atoms with Gasteiger partial charge >= 0.3 is 0 Å². The molecule has 1 N–H and O–H groups in total. The van der Waals surface area contributed by atoms with Crippen LogP contribution in [0.4, 0.5) is 0 Å². The Morgan fingerprint density at radius 2 is 1.92 bits per heavy atom. The van der Waals surface area contributed by atoms with Gasteiger partial charge < -0.3 is 4.98 Å². The minimum atomic E-state index is -0.179. The van der Waals surface area contributed by atoms with Gasteiger partial charge in [-0.25, -0.2) is 0 Å². The van der Waals surface area contributed by atoms with Gasteiger partial charge in [-0.1, -0.05) is 23.2 Å². The van der Waals surface area contributed by atoms with E-state index in [2.05, 4.69) is 4.98 Å². The molecule has 2 rings (SSSR count). The normalized spacial score (nSPS) is 10.6. The predicted octanol–water partition coefficient (Wildman–Crippen LogP) is 2.83. The molecular formula is C9H5Cl2NO. The average Bonchev–Trinajstić information content (AvgIpc) is 2.07. The van der Waals surface area contributed by atoms with Crippen molar-refractivity contribution in [1.82, 2.24) is 4.98 Å². The number of nitrogens with one attached hydrogen (secondary N) is 1. The summed E-state index contributed by atoms with van der Waals surface area (Å²) < 4.78 is 0. The van der Waals surface area contributed by atoms with Crippen LogP contribution in [0.1, 0.15) is 0 Å². The zero-order chi connectivity index (χ0) is 9.42. The van der Waals surface area contributed by atoms with E-state index in [1.165, 1.54) is 0 Å². The number of aromatic nitrogens is 1. The van der Waals surface area contributed by atoms with Gasteiger partial charge in [0.2, 0.25) is 0 Å². The van der Waals surface area contributed by atoms with Crippen molar-refractivity contribution in [3.8, 4) is 0 Å². The molecule has 2 nitrogen and oxygen atoms in total. The summed E-state index contributed by atoms with van der Waals surface area (Å²) in [6.07, 6.45) is 1.56. The fourth-order valence-electron chi connectivity index (χ4n) is 1.22. The van der Waals surface area contributed by atoms with Gasteiger partial charge in [0, 0.05) is 22.0 Å². The number of pyridine rings is 1. The highest BCUT2D eigenvalue weighted by atomic mass is 35.5. The number of hydrogen-bond acceptors (Lipinski definition) is 1. The van der Waals surface area contributed by atoms with E-state index in [-0.39, 0.29) is 5.56 Å². The lowest BCUT2D eigenvalue weighted by atomic mass is 10.2. The third-order valence-corrected chi connectivity index (χ3v) is 2.33. The van der Waals surface area contributed by atoms with Crippen molar-refractivity contribution < 1.29 is 0 Å². The maximum atomic E-state index is 11.3. The molecule has 1 heterocycles. The van der Waals surface area contributed by atoms with Crippen molar-refractivity contribution in [2.75, 3.05) is 0 Å². The second-order valence-corrected chi connectivity index (χ2v) is 3.50. The summed E-state index contributed by atoms with van der Waals surface area (Å²) in [5.74, 6) is 0. The van der Waals surface area contributed by atoms with Crippen molar-refractivity contribution in [1.29, 1.82) is 0 Å². The van der Waals surface area contributed by atoms with Crippen LogP contribution in [-0.4, -0.2) is 4.98 Å². The van der Waals surface area contributed by atoms with Gasteiger partial charge in [-0.3, -0.25) is 4.79 Å². The summed E-state index contributed by atoms with van der Waals surface area (Å²) in [5.41, 5.74) is -0.179. The van der Waals surface area contributed by atoms with Crippen LogP contribution in [-0.2, 0) is 0 Å². The minimum Gasteiger partial charge on any atom is -0.329 e. The Morgan fingerprint density at radius 3 is 2.69 bits per heavy atom. The summed E-state index contributed by atoms with van der Waals surface area (Å²) in [5, 5.41) is 2.19. The highest BCUT2D eigenvalue weighted by Gasteiger charge is 2.03. The highest BCUT2D eigenvalue weighted by Crippen LogP contribution is 2.24. The number of fused-ring (bicyclic) bond motifs is 1. The molecule has 1 aromatic heterocycles. The molecule has 0 fully saturated rings. The highest BCUT2D eigenvalue weighted by molar-refractivity contribution is 6.38. The fourth-order valence-corrected chi connectivity index (χ4v) is 1.78. The van der Waals surface area contributed by atoms with E-state index in [4.69, 9.17) is 23.2 Å².